The Morgan fingerprint density at radius 3 is 2.69 bits per heavy atom. The molecule has 0 N–H and O–H groups in total. The average Bonchev–Trinajstić information content (AvgIpc) is 2.30. The van der Waals surface area contributed by atoms with Crippen molar-refractivity contribution in [1.29, 1.82) is 0 Å². The summed E-state index contributed by atoms with van der Waals surface area (Å²) in [6.07, 6.45) is 0. The summed E-state index contributed by atoms with van der Waals surface area (Å²) in [6, 6.07) is 0. The molecule has 0 aromatic rings. The fourth-order valence-electron chi connectivity index (χ4n) is 0.769. The first-order valence-corrected chi connectivity index (χ1v) is 6.02. The molecule has 0 fully saturated rings. The van der Waals surface area contributed by atoms with Gasteiger partial charge in [-0.3, -0.25) is 0 Å². The minimum atomic E-state index is -4.38. The van der Waals surface area contributed by atoms with Crippen LogP contribution in [-0.2, 0) is 4.29 Å². The van der Waals surface area contributed by atoms with Crippen LogP contribution in [0, 0.1) is 10.2 Å². The first kappa shape index (κ1) is 11.4. The molecule has 5 nitrogen and oxygen atoms in total. The molecule has 1 aliphatic heterocycles. The number of halogens is 1. The third-order valence-corrected chi connectivity index (χ3v) is 3.31. The summed E-state index contributed by atoms with van der Waals surface area (Å²) in [5, 5.41) is 1.71. The smallest absolute Gasteiger partial charge is 0.329 e. The second kappa shape index (κ2) is 4.26. The Morgan fingerprint density at radius 2 is 2.31 bits per heavy atom. The number of nitrogens with zero attached hydrogens (tertiary/aromatic N) is 1. The Kier molecular flexibility index (Phi) is 3.75. The van der Waals surface area contributed by atoms with E-state index in [2.05, 4.69) is 16.9 Å². The van der Waals surface area contributed by atoms with Crippen LogP contribution in [-0.4, -0.2) is 23.3 Å². The second-order valence-electron chi connectivity index (χ2n) is 2.29. The monoisotopic (exact) mass is 245 g/mol. The van der Waals surface area contributed by atoms with Gasteiger partial charge in [0.2, 0.25) is 0 Å². The minimum absolute atomic E-state index is 0.471. The predicted octanol–water partition coefficient (Wildman–Crippen LogP) is -2.37. The van der Waals surface area contributed by atoms with Crippen molar-refractivity contribution in [3.05, 3.63) is 11.1 Å². The molecule has 0 aromatic heterocycles. The Labute approximate surface area is 87.5 Å². The lowest BCUT2D eigenvalue weighted by Crippen LogP contribution is -2.62. The quantitative estimate of drug-likeness (QED) is 0.560. The first-order valence-electron chi connectivity index (χ1n) is 3.21. The predicted molar refractivity (Wildman–Crippen MR) is 42.2 cm³/mol. The van der Waals surface area contributed by atoms with Gasteiger partial charge in [-0.1, -0.05) is 11.8 Å². The van der Waals surface area contributed by atoms with Crippen LogP contribution in [0.4, 0.5) is 0 Å². The van der Waals surface area contributed by atoms with Crippen LogP contribution in [0.5, 0.6) is 0 Å². The lowest BCUT2D eigenvalue weighted by atomic mass is 10.5. The van der Waals surface area contributed by atoms with Gasteiger partial charge in [-0.15, -0.1) is 0 Å². The van der Waals surface area contributed by atoms with E-state index in [1.807, 2.05) is 0 Å². The summed E-state index contributed by atoms with van der Waals surface area (Å²) in [5.41, 5.74) is 0.0171. The molecule has 13 heavy (non-hydrogen) atoms. The van der Waals surface area contributed by atoms with E-state index in [0.29, 0.717) is 5.75 Å². The maximum atomic E-state index is 10.2. The third-order valence-electron chi connectivity index (χ3n) is 1.44. The molecule has 1 atom stereocenters. The number of rotatable bonds is 3. The Balaban J connectivity index is 2.50. The molecular formula is C5H8ClNO4S2. The molecule has 0 amide bonds. The lowest BCUT2D eigenvalue weighted by Gasteiger charge is -2.21. The van der Waals surface area contributed by atoms with E-state index >= 15 is 0 Å². The van der Waals surface area contributed by atoms with E-state index < -0.39 is 15.8 Å². The van der Waals surface area contributed by atoms with Gasteiger partial charge >= 0.3 is 5.56 Å². The van der Waals surface area contributed by atoms with Crippen molar-refractivity contribution in [3.8, 4) is 0 Å². The number of thioether (sulfide) groups is 1. The molecule has 0 spiro atoms. The van der Waals surface area contributed by atoms with Crippen molar-refractivity contribution in [2.75, 3.05) is 12.8 Å². The van der Waals surface area contributed by atoms with Crippen LogP contribution in [0.1, 0.15) is 0 Å². The highest BCUT2D eigenvalue weighted by atomic mass is 35.7. The maximum absolute atomic E-state index is 10.2. The normalized spacial score (nSPS) is 23.6. The molecule has 1 heterocycles. The average molecular weight is 246 g/mol. The van der Waals surface area contributed by atoms with Crippen molar-refractivity contribution in [2.45, 2.75) is 5.56 Å². The molecule has 0 radical (unpaired) electrons. The number of hydrogen-bond acceptors (Lipinski definition) is 7. The van der Waals surface area contributed by atoms with E-state index in [1.54, 1.807) is 17.4 Å². The summed E-state index contributed by atoms with van der Waals surface area (Å²) < 4.78 is 35.0. The van der Waals surface area contributed by atoms with Crippen LogP contribution in [0.25, 0.3) is 0 Å². The minimum Gasteiger partial charge on any atom is -0.329 e. The van der Waals surface area contributed by atoms with E-state index in [4.69, 9.17) is 0 Å². The van der Waals surface area contributed by atoms with Crippen molar-refractivity contribution in [3.63, 3.8) is 0 Å². The van der Waals surface area contributed by atoms with E-state index in [0.717, 1.165) is 17.5 Å². The fourth-order valence-corrected chi connectivity index (χ4v) is 2.79. The van der Waals surface area contributed by atoms with E-state index in [9.17, 15) is 14.0 Å². The van der Waals surface area contributed by atoms with Gasteiger partial charge < -0.3 is 4.90 Å². The molecule has 1 unspecified atom stereocenters. The largest absolute Gasteiger partial charge is 0.338 e. The third kappa shape index (κ3) is 3.21. The Hall–Kier alpha value is 0.370. The molecule has 0 saturated heterocycles. The van der Waals surface area contributed by atoms with Crippen LogP contribution in [0.15, 0.2) is 11.1 Å². The van der Waals surface area contributed by atoms with Gasteiger partial charge in [-0.2, -0.15) is 26.6 Å². The molecule has 8 heteroatoms. The maximum Gasteiger partial charge on any atom is 0.338 e. The standard InChI is InChI=1S/C5H8ClNO4S2/c1-7-4(2-12)3-13-5(7)11-6(8,9)10/h3,5,12H,2H2,1H3. The lowest BCUT2D eigenvalue weighted by molar-refractivity contribution is -1.92. The van der Waals surface area contributed by atoms with Gasteiger partial charge in [-0.05, 0) is 5.41 Å². The number of thiol groups is 1. The van der Waals surface area contributed by atoms with Gasteiger partial charge in [0, 0.05) is 18.5 Å². The van der Waals surface area contributed by atoms with Gasteiger partial charge in [-0.25, -0.2) is 0 Å². The first-order chi connectivity index (χ1) is 5.94. The van der Waals surface area contributed by atoms with Gasteiger partial charge in [0.25, 0.3) is 0 Å². The molecule has 1 aliphatic rings. The molecule has 0 aliphatic carbocycles. The van der Waals surface area contributed by atoms with Crippen LogP contribution >= 0.6 is 24.4 Å². The highest BCUT2D eigenvalue weighted by molar-refractivity contribution is 8.02. The van der Waals surface area contributed by atoms with Crippen molar-refractivity contribution >= 4 is 24.4 Å². The van der Waals surface area contributed by atoms with Crippen molar-refractivity contribution < 1.29 is 28.5 Å². The molecule has 0 bridgehead atoms. The summed E-state index contributed by atoms with van der Waals surface area (Å²) in [5.74, 6) is 0.471. The second-order valence-corrected chi connectivity index (χ2v) is 4.45. The van der Waals surface area contributed by atoms with Gasteiger partial charge in [0.15, 0.2) is 0 Å². The van der Waals surface area contributed by atoms with E-state index in [-0.39, 0.29) is 0 Å². The Morgan fingerprint density at radius 1 is 1.69 bits per heavy atom. The zero-order valence-electron chi connectivity index (χ0n) is 6.68. The Bertz CT molecular complexity index is 219. The highest BCUT2D eigenvalue weighted by Gasteiger charge is 2.36. The molecule has 76 valence electrons. The zero-order chi connectivity index (χ0) is 10.1. The van der Waals surface area contributed by atoms with Crippen molar-refractivity contribution in [1.82, 2.24) is 4.90 Å². The van der Waals surface area contributed by atoms with Crippen LogP contribution < -0.4 is 14.0 Å². The molecule has 1 rings (SSSR count). The summed E-state index contributed by atoms with van der Waals surface area (Å²) in [6.45, 7) is 0. The van der Waals surface area contributed by atoms with Gasteiger partial charge in [0.05, 0.1) is 10.2 Å². The summed E-state index contributed by atoms with van der Waals surface area (Å²) >= 11 is 5.14. The molecule has 0 saturated carbocycles. The summed E-state index contributed by atoms with van der Waals surface area (Å²) in [7, 11) is -2.74. The van der Waals surface area contributed by atoms with Crippen LogP contribution in [0.3, 0.4) is 0 Å². The van der Waals surface area contributed by atoms with E-state index in [1.165, 1.54) is 0 Å². The SMILES string of the molecule is CN1C(CS)=CSC1O[Cl+3]([O-])([O-])[O-]. The number of hydrogen-bond donors (Lipinski definition) is 1. The molecular weight excluding hydrogens is 238 g/mol. The highest BCUT2D eigenvalue weighted by Crippen LogP contribution is 2.31. The summed E-state index contributed by atoms with van der Waals surface area (Å²) in [4.78, 5) is 1.54. The topological polar surface area (TPSA) is 81.7 Å². The fraction of sp³-hybridized carbons (Fsp3) is 0.600. The molecule has 0 aromatic carbocycles. The van der Waals surface area contributed by atoms with Crippen LogP contribution in [0.2, 0.25) is 0 Å². The van der Waals surface area contributed by atoms with Crippen molar-refractivity contribution in [2.24, 2.45) is 0 Å². The zero-order valence-corrected chi connectivity index (χ0v) is 9.14. The van der Waals surface area contributed by atoms with Gasteiger partial charge in [0.1, 0.15) is 4.29 Å².